The van der Waals surface area contributed by atoms with E-state index in [9.17, 15) is 4.79 Å². The molecule has 1 N–H and O–H groups in total. The number of nitrogens with zero attached hydrogens (tertiary/aromatic N) is 1. The Kier molecular flexibility index (Phi) is 10.3. The third-order valence-corrected chi connectivity index (χ3v) is 6.90. The van der Waals surface area contributed by atoms with Crippen LogP contribution in [0.2, 0.25) is 0 Å². The number of thioether (sulfide) groups is 1. The molecule has 5 nitrogen and oxygen atoms in total. The molecule has 0 saturated carbocycles. The molecule has 0 aromatic rings. The number of carbonyl (C=O) groups excluding carboxylic acids is 1. The second-order valence-corrected chi connectivity index (χ2v) is 8.87. The SMILES string of the molecule is CCCCCCSC[C@H]1[C@@H](CCCCOCC(=O)N(C)O)[C@H]2CC[C@@H]1O2. The number of ether oxygens (including phenoxy) is 2. The zero-order chi connectivity index (χ0) is 18.8. The molecule has 2 rings (SSSR count). The minimum absolute atomic E-state index is 0.0401. The standard InChI is InChI=1S/C20H37NO4S/c1-3-4-5-8-13-26-15-17-16(18-10-11-19(17)25-18)9-6-7-12-24-14-20(22)21(2)23/h16-19,23H,3-15H2,1-2H3/t16-,17+,18-,19+/m1/s1. The topological polar surface area (TPSA) is 59.0 Å². The van der Waals surface area contributed by atoms with E-state index in [0.717, 1.165) is 18.8 Å². The molecule has 152 valence electrons. The Hall–Kier alpha value is -0.300. The van der Waals surface area contributed by atoms with Crippen LogP contribution in [0.25, 0.3) is 0 Å². The summed E-state index contributed by atoms with van der Waals surface area (Å²) in [6.45, 7) is 2.80. The van der Waals surface area contributed by atoms with Crippen LogP contribution >= 0.6 is 11.8 Å². The van der Waals surface area contributed by atoms with Gasteiger partial charge in [-0.1, -0.05) is 32.6 Å². The minimum Gasteiger partial charge on any atom is -0.374 e. The molecule has 4 atom stereocenters. The first-order valence-corrected chi connectivity index (χ1v) is 11.5. The summed E-state index contributed by atoms with van der Waals surface area (Å²) in [6, 6.07) is 0. The first-order valence-electron chi connectivity index (χ1n) is 10.4. The summed E-state index contributed by atoms with van der Waals surface area (Å²) in [7, 11) is 1.32. The lowest BCUT2D eigenvalue weighted by Gasteiger charge is -2.27. The smallest absolute Gasteiger partial charge is 0.271 e. The van der Waals surface area contributed by atoms with Gasteiger partial charge in [-0.25, -0.2) is 5.06 Å². The highest BCUT2D eigenvalue weighted by atomic mass is 32.2. The Morgan fingerprint density at radius 1 is 1.15 bits per heavy atom. The van der Waals surface area contributed by atoms with Crippen molar-refractivity contribution in [1.82, 2.24) is 5.06 Å². The summed E-state index contributed by atoms with van der Waals surface area (Å²) >= 11 is 2.13. The summed E-state index contributed by atoms with van der Waals surface area (Å²) in [6.07, 6.45) is 12.2. The number of hydrogen-bond acceptors (Lipinski definition) is 5. The minimum atomic E-state index is -0.400. The third-order valence-electron chi connectivity index (χ3n) is 5.71. The maximum atomic E-state index is 11.2. The fourth-order valence-corrected chi connectivity index (χ4v) is 5.50. The third kappa shape index (κ3) is 7.02. The van der Waals surface area contributed by atoms with Crippen LogP contribution in [-0.4, -0.2) is 60.2 Å². The van der Waals surface area contributed by atoms with Crippen LogP contribution < -0.4 is 0 Å². The molecule has 0 aromatic carbocycles. The highest BCUT2D eigenvalue weighted by Gasteiger charge is 2.47. The second-order valence-electron chi connectivity index (χ2n) is 7.72. The second kappa shape index (κ2) is 12.2. The monoisotopic (exact) mass is 387 g/mol. The maximum absolute atomic E-state index is 11.2. The van der Waals surface area contributed by atoms with Gasteiger partial charge in [-0.15, -0.1) is 0 Å². The molecule has 0 radical (unpaired) electrons. The largest absolute Gasteiger partial charge is 0.374 e. The van der Waals surface area contributed by atoms with Crippen molar-refractivity contribution < 1.29 is 19.5 Å². The molecule has 1 amide bonds. The number of amides is 1. The summed E-state index contributed by atoms with van der Waals surface area (Å²) in [4.78, 5) is 11.2. The van der Waals surface area contributed by atoms with Crippen molar-refractivity contribution in [2.45, 2.75) is 76.9 Å². The van der Waals surface area contributed by atoms with Gasteiger partial charge in [0.2, 0.25) is 0 Å². The Bertz CT molecular complexity index is 407. The molecule has 2 fully saturated rings. The number of hydroxylamine groups is 2. The van der Waals surface area contributed by atoms with Crippen molar-refractivity contribution in [1.29, 1.82) is 0 Å². The van der Waals surface area contributed by atoms with E-state index in [1.54, 1.807) is 0 Å². The van der Waals surface area contributed by atoms with Gasteiger partial charge in [0.25, 0.3) is 5.91 Å². The molecule has 2 heterocycles. The predicted octanol–water partition coefficient (Wildman–Crippen LogP) is 4.13. The lowest BCUT2D eigenvalue weighted by atomic mass is 9.78. The van der Waals surface area contributed by atoms with Crippen LogP contribution in [0.1, 0.15) is 64.7 Å². The van der Waals surface area contributed by atoms with Gasteiger partial charge in [-0.05, 0) is 55.4 Å². The van der Waals surface area contributed by atoms with Gasteiger partial charge in [-0.2, -0.15) is 11.8 Å². The van der Waals surface area contributed by atoms with Gasteiger partial charge in [0, 0.05) is 13.7 Å². The molecule has 2 aliphatic heterocycles. The van der Waals surface area contributed by atoms with Crippen LogP contribution in [0.5, 0.6) is 0 Å². The van der Waals surface area contributed by atoms with Crippen molar-refractivity contribution in [3.8, 4) is 0 Å². The van der Waals surface area contributed by atoms with Crippen molar-refractivity contribution in [2.24, 2.45) is 11.8 Å². The van der Waals surface area contributed by atoms with Crippen molar-refractivity contribution in [2.75, 3.05) is 31.8 Å². The quantitative estimate of drug-likeness (QED) is 0.276. The Balaban J connectivity index is 1.58. The van der Waals surface area contributed by atoms with Gasteiger partial charge in [0.1, 0.15) is 6.61 Å². The average molecular weight is 388 g/mol. The molecule has 26 heavy (non-hydrogen) atoms. The van der Waals surface area contributed by atoms with Gasteiger partial charge in [0.05, 0.1) is 12.2 Å². The number of fused-ring (bicyclic) bond motifs is 2. The zero-order valence-electron chi connectivity index (χ0n) is 16.5. The summed E-state index contributed by atoms with van der Waals surface area (Å²) in [5.41, 5.74) is 0. The summed E-state index contributed by atoms with van der Waals surface area (Å²) in [5.74, 6) is 3.59. The van der Waals surface area contributed by atoms with E-state index in [4.69, 9.17) is 14.7 Å². The first kappa shape index (κ1) is 22.0. The van der Waals surface area contributed by atoms with Gasteiger partial charge in [0.15, 0.2) is 0 Å². The summed E-state index contributed by atoms with van der Waals surface area (Å²) in [5, 5.41) is 9.56. The zero-order valence-corrected chi connectivity index (χ0v) is 17.3. The van der Waals surface area contributed by atoms with Crippen LogP contribution in [0, 0.1) is 11.8 Å². The first-order chi connectivity index (χ1) is 12.6. The lowest BCUT2D eigenvalue weighted by Crippen LogP contribution is -2.29. The van der Waals surface area contributed by atoms with Crippen LogP contribution in [0.15, 0.2) is 0 Å². The maximum Gasteiger partial charge on any atom is 0.271 e. The fraction of sp³-hybridized carbons (Fsp3) is 0.950. The number of hydrogen-bond donors (Lipinski definition) is 1. The fourth-order valence-electron chi connectivity index (χ4n) is 4.19. The van der Waals surface area contributed by atoms with E-state index >= 15 is 0 Å². The Morgan fingerprint density at radius 2 is 1.92 bits per heavy atom. The van der Waals surface area contributed by atoms with E-state index < -0.39 is 5.91 Å². The molecule has 0 aliphatic carbocycles. The van der Waals surface area contributed by atoms with Crippen LogP contribution in [0.4, 0.5) is 0 Å². The predicted molar refractivity (Wildman–Crippen MR) is 106 cm³/mol. The molecule has 2 aliphatic rings. The van der Waals surface area contributed by atoms with E-state index in [-0.39, 0.29) is 6.61 Å². The average Bonchev–Trinajstić information content (AvgIpc) is 3.22. The lowest BCUT2D eigenvalue weighted by molar-refractivity contribution is -0.164. The van der Waals surface area contributed by atoms with Gasteiger partial charge < -0.3 is 9.47 Å². The van der Waals surface area contributed by atoms with E-state index in [1.807, 2.05) is 0 Å². The summed E-state index contributed by atoms with van der Waals surface area (Å²) < 4.78 is 11.5. The number of unbranched alkanes of at least 4 members (excludes halogenated alkanes) is 4. The van der Waals surface area contributed by atoms with E-state index in [1.165, 1.54) is 63.5 Å². The van der Waals surface area contributed by atoms with Crippen molar-refractivity contribution in [3.63, 3.8) is 0 Å². The normalized spacial score (nSPS) is 27.2. The highest BCUT2D eigenvalue weighted by Crippen LogP contribution is 2.46. The molecule has 0 spiro atoms. The van der Waals surface area contributed by atoms with Gasteiger partial charge >= 0.3 is 0 Å². The van der Waals surface area contributed by atoms with E-state index in [0.29, 0.717) is 29.8 Å². The number of carbonyl (C=O) groups is 1. The van der Waals surface area contributed by atoms with Crippen molar-refractivity contribution >= 4 is 17.7 Å². The molecule has 2 bridgehead atoms. The Labute approximate surface area is 163 Å². The van der Waals surface area contributed by atoms with Crippen LogP contribution in [-0.2, 0) is 14.3 Å². The Morgan fingerprint density at radius 3 is 2.65 bits per heavy atom. The molecule has 0 unspecified atom stereocenters. The molecule has 6 heteroatoms. The van der Waals surface area contributed by atoms with Gasteiger partial charge in [-0.3, -0.25) is 10.0 Å². The number of rotatable bonds is 14. The molecular formula is C20H37NO4S. The highest BCUT2D eigenvalue weighted by molar-refractivity contribution is 7.99. The van der Waals surface area contributed by atoms with Crippen LogP contribution in [0.3, 0.4) is 0 Å². The van der Waals surface area contributed by atoms with E-state index in [2.05, 4.69) is 18.7 Å². The molecule has 2 saturated heterocycles. The molecule has 0 aromatic heterocycles. The number of likely N-dealkylation sites (N-methyl/N-ethyl adjacent to an activating group) is 1. The molecular weight excluding hydrogens is 350 g/mol. The van der Waals surface area contributed by atoms with Crippen molar-refractivity contribution in [3.05, 3.63) is 0 Å².